The number of nitrogens with one attached hydrogen (secondary N) is 1. The molecule has 2 unspecified atom stereocenters. The van der Waals surface area contributed by atoms with Crippen molar-refractivity contribution in [3.8, 4) is 6.07 Å². The van der Waals surface area contributed by atoms with Gasteiger partial charge in [-0.15, -0.1) is 11.8 Å². The molecule has 0 radical (unpaired) electrons. The van der Waals surface area contributed by atoms with Crippen molar-refractivity contribution >= 4 is 23.5 Å². The Morgan fingerprint density at radius 1 is 1.24 bits per heavy atom. The van der Waals surface area contributed by atoms with Crippen LogP contribution in [0, 0.1) is 11.3 Å². The standard InChI is InChI=1S/C24H22F3N3O3S/c25-24(26,27)15-3-1-4-16(12-15)30-18-7-8-19(32)21(18)22(29-23(30)33)17-6-5-14(13-28)11-20(17)34-10-2-9-31/h1,3-6,11-12,19,22,31-32H,2,7-10H2,(H,29,33). The number of hydrogen-bond acceptors (Lipinski definition) is 5. The van der Waals surface area contributed by atoms with Crippen LogP contribution in [0.1, 0.15) is 42.0 Å². The van der Waals surface area contributed by atoms with Crippen LogP contribution in [0.2, 0.25) is 0 Å². The number of aliphatic hydroxyl groups excluding tert-OH is 2. The van der Waals surface area contributed by atoms with E-state index in [-0.39, 0.29) is 12.3 Å². The van der Waals surface area contributed by atoms with Gasteiger partial charge in [-0.05, 0) is 55.2 Å². The number of hydrogen-bond donors (Lipinski definition) is 3. The number of allylic oxidation sites excluding steroid dienone is 1. The molecule has 2 aliphatic rings. The molecule has 0 fully saturated rings. The van der Waals surface area contributed by atoms with Crippen molar-refractivity contribution in [1.29, 1.82) is 5.26 Å². The first-order valence-corrected chi connectivity index (χ1v) is 11.7. The summed E-state index contributed by atoms with van der Waals surface area (Å²) in [5, 5.41) is 32.1. The number of halogens is 3. The summed E-state index contributed by atoms with van der Waals surface area (Å²) in [6.45, 7) is 0.0143. The Morgan fingerprint density at radius 3 is 2.74 bits per heavy atom. The van der Waals surface area contributed by atoms with Crippen molar-refractivity contribution in [1.82, 2.24) is 5.32 Å². The molecule has 34 heavy (non-hydrogen) atoms. The van der Waals surface area contributed by atoms with Crippen LogP contribution in [0.25, 0.3) is 0 Å². The van der Waals surface area contributed by atoms with Crippen molar-refractivity contribution < 1.29 is 28.2 Å². The Morgan fingerprint density at radius 2 is 2.03 bits per heavy atom. The fraction of sp³-hybridized carbons (Fsp3) is 0.333. The largest absolute Gasteiger partial charge is 0.416 e. The average molecular weight is 490 g/mol. The van der Waals surface area contributed by atoms with Gasteiger partial charge < -0.3 is 15.5 Å². The van der Waals surface area contributed by atoms with Crippen LogP contribution in [0.4, 0.5) is 23.7 Å². The normalized spacial score (nSPS) is 20.2. The smallest absolute Gasteiger partial charge is 0.396 e. The third-order valence-electron chi connectivity index (χ3n) is 5.84. The van der Waals surface area contributed by atoms with Gasteiger partial charge in [0.05, 0.1) is 35.0 Å². The lowest BCUT2D eigenvalue weighted by Gasteiger charge is -2.36. The molecule has 2 atom stereocenters. The van der Waals surface area contributed by atoms with Crippen molar-refractivity contribution in [3.05, 3.63) is 70.4 Å². The van der Waals surface area contributed by atoms with Gasteiger partial charge in [0.25, 0.3) is 0 Å². The maximum Gasteiger partial charge on any atom is 0.416 e. The molecular weight excluding hydrogens is 467 g/mol. The summed E-state index contributed by atoms with van der Waals surface area (Å²) in [5.41, 5.74) is 1.35. The van der Waals surface area contributed by atoms with E-state index >= 15 is 0 Å². The van der Waals surface area contributed by atoms with E-state index in [4.69, 9.17) is 5.11 Å². The first kappa shape index (κ1) is 24.1. The maximum atomic E-state index is 13.3. The van der Waals surface area contributed by atoms with Gasteiger partial charge in [0.15, 0.2) is 0 Å². The van der Waals surface area contributed by atoms with Crippen molar-refractivity contribution in [2.45, 2.75) is 42.5 Å². The lowest BCUT2D eigenvalue weighted by atomic mass is 9.93. The summed E-state index contributed by atoms with van der Waals surface area (Å²) >= 11 is 1.43. The number of nitriles is 1. The summed E-state index contributed by atoms with van der Waals surface area (Å²) < 4.78 is 39.8. The van der Waals surface area contributed by atoms with Crippen LogP contribution in [0.3, 0.4) is 0 Å². The Labute approximate surface area is 198 Å². The number of aliphatic hydroxyl groups is 2. The van der Waals surface area contributed by atoms with Gasteiger partial charge in [0, 0.05) is 28.5 Å². The van der Waals surface area contributed by atoms with Crippen LogP contribution in [0.15, 0.2) is 58.6 Å². The van der Waals surface area contributed by atoms with Gasteiger partial charge in [-0.25, -0.2) is 4.79 Å². The second kappa shape index (κ2) is 9.70. The summed E-state index contributed by atoms with van der Waals surface area (Å²) in [5.74, 6) is 0.587. The Kier molecular flexibility index (Phi) is 6.89. The summed E-state index contributed by atoms with van der Waals surface area (Å²) in [6.07, 6.45) is -4.22. The number of rotatable bonds is 6. The van der Waals surface area contributed by atoms with E-state index in [2.05, 4.69) is 11.4 Å². The van der Waals surface area contributed by atoms with Crippen molar-refractivity contribution in [2.24, 2.45) is 0 Å². The second-order valence-corrected chi connectivity index (χ2v) is 9.15. The van der Waals surface area contributed by atoms with Crippen molar-refractivity contribution in [2.75, 3.05) is 17.3 Å². The molecule has 2 amide bonds. The average Bonchev–Trinajstić information content (AvgIpc) is 3.19. The third kappa shape index (κ3) is 4.64. The minimum Gasteiger partial charge on any atom is -0.396 e. The van der Waals surface area contributed by atoms with Gasteiger partial charge in [-0.1, -0.05) is 12.1 Å². The highest BCUT2D eigenvalue weighted by molar-refractivity contribution is 7.99. The molecule has 0 bridgehead atoms. The molecule has 1 heterocycles. The fourth-order valence-corrected chi connectivity index (χ4v) is 5.36. The number of urea groups is 1. The third-order valence-corrected chi connectivity index (χ3v) is 7.00. The fourth-order valence-electron chi connectivity index (χ4n) is 4.31. The van der Waals surface area contributed by atoms with Gasteiger partial charge in [0.1, 0.15) is 0 Å². The highest BCUT2D eigenvalue weighted by Crippen LogP contribution is 2.45. The quantitative estimate of drug-likeness (QED) is 0.403. The van der Waals surface area contributed by atoms with E-state index in [9.17, 15) is 28.3 Å². The number of anilines is 1. The highest BCUT2D eigenvalue weighted by Gasteiger charge is 2.42. The Balaban J connectivity index is 1.78. The predicted molar refractivity (Wildman–Crippen MR) is 121 cm³/mol. The number of carbonyl (C=O) groups excluding carboxylic acids is 1. The zero-order valence-corrected chi connectivity index (χ0v) is 18.8. The molecule has 1 aliphatic heterocycles. The van der Waals surface area contributed by atoms with Gasteiger partial charge in [-0.3, -0.25) is 4.90 Å². The molecule has 0 saturated carbocycles. The topological polar surface area (TPSA) is 96.6 Å². The molecule has 0 aromatic heterocycles. The molecule has 1 aliphatic carbocycles. The summed E-state index contributed by atoms with van der Waals surface area (Å²) in [4.78, 5) is 15.1. The number of amides is 2. The van der Waals surface area contributed by atoms with Crippen molar-refractivity contribution in [3.63, 3.8) is 0 Å². The zero-order valence-electron chi connectivity index (χ0n) is 18.0. The van der Waals surface area contributed by atoms with E-state index in [0.717, 1.165) is 17.0 Å². The van der Waals surface area contributed by atoms with Crippen LogP contribution in [0.5, 0.6) is 0 Å². The lowest BCUT2D eigenvalue weighted by molar-refractivity contribution is -0.137. The van der Waals surface area contributed by atoms with Crippen LogP contribution in [-0.2, 0) is 6.18 Å². The predicted octanol–water partition coefficient (Wildman–Crippen LogP) is 4.73. The molecule has 2 aromatic rings. The molecule has 2 aromatic carbocycles. The number of alkyl halides is 3. The monoisotopic (exact) mass is 489 g/mol. The molecule has 0 saturated heterocycles. The summed E-state index contributed by atoms with van der Waals surface area (Å²) in [7, 11) is 0. The number of thioether (sulfide) groups is 1. The first-order chi connectivity index (χ1) is 16.2. The van der Waals surface area contributed by atoms with Crippen LogP contribution >= 0.6 is 11.8 Å². The van der Waals surface area contributed by atoms with E-state index in [0.29, 0.717) is 47.4 Å². The highest BCUT2D eigenvalue weighted by atomic mass is 32.2. The number of carbonyl (C=O) groups is 1. The molecule has 3 N–H and O–H groups in total. The van der Waals surface area contributed by atoms with Crippen LogP contribution < -0.4 is 10.2 Å². The molecule has 10 heteroatoms. The molecule has 0 spiro atoms. The maximum absolute atomic E-state index is 13.3. The minimum atomic E-state index is -4.56. The van der Waals surface area contributed by atoms with E-state index in [1.807, 2.05) is 0 Å². The molecular formula is C24H22F3N3O3S. The molecule has 178 valence electrons. The molecule has 4 rings (SSSR count). The number of nitrogens with zero attached hydrogens (tertiary/aromatic N) is 2. The van der Waals surface area contributed by atoms with Gasteiger partial charge >= 0.3 is 12.2 Å². The lowest BCUT2D eigenvalue weighted by Crippen LogP contribution is -2.47. The van der Waals surface area contributed by atoms with E-state index in [1.165, 1.54) is 28.8 Å². The van der Waals surface area contributed by atoms with E-state index in [1.54, 1.807) is 18.2 Å². The van der Waals surface area contributed by atoms with Crippen LogP contribution in [-0.4, -0.2) is 34.7 Å². The van der Waals surface area contributed by atoms with E-state index < -0.39 is 29.9 Å². The van der Waals surface area contributed by atoms with Gasteiger partial charge in [0.2, 0.25) is 0 Å². The first-order valence-electron chi connectivity index (χ1n) is 10.7. The summed E-state index contributed by atoms with van der Waals surface area (Å²) in [6, 6.07) is 10.4. The Hall–Kier alpha value is -3.00. The minimum absolute atomic E-state index is 0.0143. The number of benzene rings is 2. The SMILES string of the molecule is N#Cc1ccc(C2NC(=O)N(c3cccc(C(F)(F)F)c3)C3=C2C(O)CC3)c(SCCCO)c1. The zero-order chi connectivity index (χ0) is 24.5. The van der Waals surface area contributed by atoms with Gasteiger partial charge in [-0.2, -0.15) is 18.4 Å². The molecule has 6 nitrogen and oxygen atoms in total. The second-order valence-electron chi connectivity index (χ2n) is 8.01. The Bertz CT molecular complexity index is 1180.